The van der Waals surface area contributed by atoms with E-state index in [0.717, 1.165) is 21.6 Å². The number of hydrogen-bond acceptors (Lipinski definition) is 4. The number of benzene rings is 2. The highest BCUT2D eigenvalue weighted by atomic mass is 32.2. The molecule has 2 aromatic carbocycles. The van der Waals surface area contributed by atoms with Crippen LogP contribution in [-0.2, 0) is 10.6 Å². The van der Waals surface area contributed by atoms with Crippen molar-refractivity contribution in [2.75, 3.05) is 14.2 Å². The van der Waals surface area contributed by atoms with Crippen LogP contribution in [0.1, 0.15) is 15.9 Å². The number of carbonyl (C=O) groups is 1. The topological polar surface area (TPSA) is 58.2 Å². The van der Waals surface area contributed by atoms with Gasteiger partial charge in [0.05, 0.1) is 18.8 Å². The Labute approximate surface area is 138 Å². The molecule has 1 amide bonds. The molecule has 0 spiro atoms. The molecule has 118 valence electrons. The minimum absolute atomic E-state index is 0.183. The first-order chi connectivity index (χ1) is 11.2. The number of aromatic amines is 1. The zero-order chi connectivity index (χ0) is 16.2. The molecule has 0 atom stereocenters. The van der Waals surface area contributed by atoms with Gasteiger partial charge in [-0.05, 0) is 17.7 Å². The average molecular weight is 327 g/mol. The number of aromatic nitrogens is 2. The van der Waals surface area contributed by atoms with Crippen LogP contribution in [0.15, 0.2) is 53.6 Å². The molecule has 0 aliphatic carbocycles. The van der Waals surface area contributed by atoms with Crippen molar-refractivity contribution >= 4 is 28.6 Å². The van der Waals surface area contributed by atoms with Crippen LogP contribution in [0.5, 0.6) is 0 Å². The molecule has 6 heteroatoms. The number of rotatable bonds is 5. The molecule has 0 aliphatic rings. The summed E-state index contributed by atoms with van der Waals surface area (Å²) in [4.78, 5) is 18.3. The van der Waals surface area contributed by atoms with Gasteiger partial charge in [-0.15, -0.1) is 11.8 Å². The minimum Gasteiger partial charge on any atom is -0.277 e. The van der Waals surface area contributed by atoms with Crippen molar-refractivity contribution in [1.82, 2.24) is 15.3 Å². The lowest BCUT2D eigenvalue weighted by molar-refractivity contribution is -0.0757. The van der Waals surface area contributed by atoms with E-state index in [4.69, 9.17) is 4.84 Å². The Balaban J connectivity index is 1.92. The third-order valence-corrected chi connectivity index (χ3v) is 4.67. The normalized spacial score (nSPS) is 10.9. The summed E-state index contributed by atoms with van der Waals surface area (Å²) < 4.78 is 0. The van der Waals surface area contributed by atoms with Gasteiger partial charge in [0.2, 0.25) is 0 Å². The van der Waals surface area contributed by atoms with Gasteiger partial charge in [0.15, 0.2) is 0 Å². The first-order valence-electron chi connectivity index (χ1n) is 7.15. The van der Waals surface area contributed by atoms with Crippen LogP contribution < -0.4 is 0 Å². The first-order valence-corrected chi connectivity index (χ1v) is 8.13. The maximum atomic E-state index is 12.3. The van der Waals surface area contributed by atoms with Crippen LogP contribution in [-0.4, -0.2) is 35.3 Å². The molecule has 0 aliphatic heterocycles. The molecule has 0 unspecified atom stereocenters. The number of fused-ring (bicyclic) bond motifs is 1. The number of amides is 1. The van der Waals surface area contributed by atoms with E-state index in [9.17, 15) is 4.79 Å². The Morgan fingerprint density at radius 2 is 2.09 bits per heavy atom. The summed E-state index contributed by atoms with van der Waals surface area (Å²) in [7, 11) is 3.07. The van der Waals surface area contributed by atoms with Crippen LogP contribution >= 0.6 is 11.8 Å². The fourth-order valence-corrected chi connectivity index (χ4v) is 3.29. The van der Waals surface area contributed by atoms with Crippen LogP contribution in [0.3, 0.4) is 0 Å². The molecule has 0 bridgehead atoms. The number of thioether (sulfide) groups is 1. The largest absolute Gasteiger partial charge is 0.277 e. The van der Waals surface area contributed by atoms with Crippen molar-refractivity contribution in [1.29, 1.82) is 0 Å². The number of hydroxylamine groups is 2. The fraction of sp³-hybridized carbons (Fsp3) is 0.176. The monoisotopic (exact) mass is 327 g/mol. The van der Waals surface area contributed by atoms with E-state index in [0.29, 0.717) is 5.56 Å². The lowest BCUT2D eigenvalue weighted by Gasteiger charge is -2.14. The van der Waals surface area contributed by atoms with Crippen molar-refractivity contribution in [2.45, 2.75) is 10.6 Å². The molecule has 3 aromatic rings. The number of nitrogens with one attached hydrogen (secondary N) is 1. The van der Waals surface area contributed by atoms with Gasteiger partial charge in [0.25, 0.3) is 5.91 Å². The van der Waals surface area contributed by atoms with Gasteiger partial charge in [-0.3, -0.25) is 14.7 Å². The predicted molar refractivity (Wildman–Crippen MR) is 91.2 cm³/mol. The maximum absolute atomic E-state index is 12.3. The summed E-state index contributed by atoms with van der Waals surface area (Å²) in [5.74, 6) is 0.643. The number of nitrogens with zero attached hydrogens (tertiary/aromatic N) is 2. The third kappa shape index (κ3) is 3.38. The summed E-state index contributed by atoms with van der Waals surface area (Å²) in [5, 5.41) is 9.22. The fourth-order valence-electron chi connectivity index (χ4n) is 2.26. The van der Waals surface area contributed by atoms with E-state index < -0.39 is 0 Å². The Morgan fingerprint density at radius 1 is 1.30 bits per heavy atom. The van der Waals surface area contributed by atoms with E-state index in [2.05, 4.69) is 22.3 Å². The number of H-pyrrole nitrogens is 1. The number of carbonyl (C=O) groups excluding carboxylic acids is 1. The van der Waals surface area contributed by atoms with Gasteiger partial charge in [-0.2, -0.15) is 5.10 Å². The van der Waals surface area contributed by atoms with Gasteiger partial charge in [-0.1, -0.05) is 30.3 Å². The van der Waals surface area contributed by atoms with Crippen LogP contribution in [0.4, 0.5) is 0 Å². The summed E-state index contributed by atoms with van der Waals surface area (Å²) in [6.07, 6.45) is 1.73. The lowest BCUT2D eigenvalue weighted by atomic mass is 10.1. The molecular formula is C17H17N3O2S. The summed E-state index contributed by atoms with van der Waals surface area (Å²) in [5.41, 5.74) is 2.76. The second kappa shape index (κ2) is 6.85. The Morgan fingerprint density at radius 3 is 2.83 bits per heavy atom. The second-order valence-corrected chi connectivity index (χ2v) is 6.09. The van der Waals surface area contributed by atoms with Gasteiger partial charge in [0, 0.05) is 28.6 Å². The molecule has 0 saturated heterocycles. The van der Waals surface area contributed by atoms with E-state index in [1.807, 2.05) is 30.3 Å². The average Bonchev–Trinajstić information content (AvgIpc) is 3.07. The zero-order valence-corrected chi connectivity index (χ0v) is 13.8. The van der Waals surface area contributed by atoms with Crippen molar-refractivity contribution in [3.63, 3.8) is 0 Å². The van der Waals surface area contributed by atoms with Crippen LogP contribution in [0.25, 0.3) is 10.9 Å². The molecule has 1 aromatic heterocycles. The van der Waals surface area contributed by atoms with Crippen molar-refractivity contribution in [2.24, 2.45) is 0 Å². The van der Waals surface area contributed by atoms with Crippen LogP contribution in [0.2, 0.25) is 0 Å². The number of hydrogen-bond donors (Lipinski definition) is 1. The summed E-state index contributed by atoms with van der Waals surface area (Å²) >= 11 is 1.68. The van der Waals surface area contributed by atoms with Gasteiger partial charge < -0.3 is 0 Å². The van der Waals surface area contributed by atoms with Gasteiger partial charge >= 0.3 is 0 Å². The lowest BCUT2D eigenvalue weighted by Crippen LogP contribution is -2.25. The highest BCUT2D eigenvalue weighted by molar-refractivity contribution is 7.98. The molecule has 0 radical (unpaired) electrons. The zero-order valence-electron chi connectivity index (χ0n) is 12.9. The van der Waals surface area contributed by atoms with Crippen molar-refractivity contribution in [3.05, 3.63) is 59.8 Å². The quantitative estimate of drug-likeness (QED) is 0.576. The Bertz CT molecular complexity index is 817. The molecule has 23 heavy (non-hydrogen) atoms. The Kier molecular flexibility index (Phi) is 4.64. The van der Waals surface area contributed by atoms with Crippen molar-refractivity contribution in [3.8, 4) is 0 Å². The maximum Gasteiger partial charge on any atom is 0.277 e. The molecule has 0 saturated carbocycles. The molecular weight excluding hydrogens is 310 g/mol. The highest BCUT2D eigenvalue weighted by Gasteiger charge is 2.15. The second-order valence-electron chi connectivity index (χ2n) is 5.07. The van der Waals surface area contributed by atoms with Crippen molar-refractivity contribution < 1.29 is 9.63 Å². The van der Waals surface area contributed by atoms with E-state index in [-0.39, 0.29) is 5.91 Å². The molecule has 5 nitrogen and oxygen atoms in total. The van der Waals surface area contributed by atoms with Gasteiger partial charge in [-0.25, -0.2) is 5.06 Å². The molecule has 1 N–H and O–H groups in total. The smallest absolute Gasteiger partial charge is 0.277 e. The minimum atomic E-state index is -0.183. The Hall–Kier alpha value is -2.31. The standard InChI is InChI=1S/C17H17N3O2S/c1-20(22-2)17(21)13-8-14-10-18-19-16(14)15(9-13)23-11-12-6-4-3-5-7-12/h3-10H,11H2,1-2H3,(H,18,19). The molecule has 3 rings (SSSR count). The third-order valence-electron chi connectivity index (χ3n) is 3.56. The molecule has 1 heterocycles. The summed E-state index contributed by atoms with van der Waals surface area (Å²) in [6.45, 7) is 0. The predicted octanol–water partition coefficient (Wildman–Crippen LogP) is 3.49. The van der Waals surface area contributed by atoms with Gasteiger partial charge in [0.1, 0.15) is 0 Å². The first kappa shape index (κ1) is 15.6. The highest BCUT2D eigenvalue weighted by Crippen LogP contribution is 2.30. The van der Waals surface area contributed by atoms with E-state index in [1.54, 1.807) is 25.0 Å². The van der Waals surface area contributed by atoms with E-state index >= 15 is 0 Å². The van der Waals surface area contributed by atoms with E-state index in [1.165, 1.54) is 17.7 Å². The van der Waals surface area contributed by atoms with Crippen LogP contribution in [0, 0.1) is 0 Å². The SMILES string of the molecule is CON(C)C(=O)c1cc(SCc2ccccc2)c2[nH]ncc2c1. The summed E-state index contributed by atoms with van der Waals surface area (Å²) in [6, 6.07) is 13.9. The molecule has 0 fully saturated rings.